The Hall–Kier alpha value is -1.96. The van der Waals surface area contributed by atoms with Gasteiger partial charge in [-0.3, -0.25) is 0 Å². The van der Waals surface area contributed by atoms with Crippen LogP contribution in [0.1, 0.15) is 45.7 Å². The standard InChI is InChI=1S/C23H32ClN5OSi/c1-16(12-14-30-31(5,6)23(2,3)4)29-15-25-19-20(26-22(24)27-21(19)29)28-13-11-17-9-7-8-10-18(17)28/h7-10,15-16H,11-14H2,1-6H3. The van der Waals surface area contributed by atoms with Gasteiger partial charge in [0.25, 0.3) is 0 Å². The molecule has 0 fully saturated rings. The summed E-state index contributed by atoms with van der Waals surface area (Å²) in [6.45, 7) is 15.1. The second-order valence-electron chi connectivity index (χ2n) is 9.92. The molecule has 0 saturated heterocycles. The summed E-state index contributed by atoms with van der Waals surface area (Å²) in [5.41, 5.74) is 4.06. The zero-order chi connectivity index (χ0) is 22.4. The van der Waals surface area contributed by atoms with Crippen LogP contribution in [0.15, 0.2) is 30.6 Å². The smallest absolute Gasteiger partial charge is 0.226 e. The van der Waals surface area contributed by atoms with Crippen LogP contribution in [0.3, 0.4) is 0 Å². The van der Waals surface area contributed by atoms with Gasteiger partial charge in [-0.2, -0.15) is 9.97 Å². The Balaban J connectivity index is 1.59. The molecule has 1 aromatic carbocycles. The molecule has 0 bridgehead atoms. The predicted molar refractivity (Wildman–Crippen MR) is 130 cm³/mol. The SMILES string of the molecule is CC(CCO[Si](C)(C)C(C)(C)C)n1cnc2c(N3CCc4ccccc43)nc(Cl)nc21. The minimum absolute atomic E-state index is 0.194. The van der Waals surface area contributed by atoms with Crippen LogP contribution in [0.5, 0.6) is 0 Å². The molecule has 1 atom stereocenters. The van der Waals surface area contributed by atoms with E-state index >= 15 is 0 Å². The number of anilines is 2. The Morgan fingerprint density at radius 3 is 2.68 bits per heavy atom. The van der Waals surface area contributed by atoms with Gasteiger partial charge in [-0.1, -0.05) is 39.0 Å². The summed E-state index contributed by atoms with van der Waals surface area (Å²) >= 11 is 6.37. The zero-order valence-electron chi connectivity index (χ0n) is 19.3. The lowest BCUT2D eigenvalue weighted by Crippen LogP contribution is -2.41. The quantitative estimate of drug-likeness (QED) is 0.328. The minimum atomic E-state index is -1.76. The molecule has 0 saturated carbocycles. The molecule has 3 aromatic rings. The summed E-state index contributed by atoms with van der Waals surface area (Å²) in [4.78, 5) is 16.0. The third kappa shape index (κ3) is 4.23. The van der Waals surface area contributed by atoms with Gasteiger partial charge >= 0.3 is 0 Å². The molecule has 0 spiro atoms. The Labute approximate surface area is 190 Å². The molecule has 0 aliphatic carbocycles. The molecule has 6 nitrogen and oxygen atoms in total. The van der Waals surface area contributed by atoms with Gasteiger partial charge in [0.2, 0.25) is 5.28 Å². The number of hydrogen-bond acceptors (Lipinski definition) is 5. The van der Waals surface area contributed by atoms with Crippen LogP contribution in [-0.4, -0.2) is 41.0 Å². The van der Waals surface area contributed by atoms with E-state index in [4.69, 9.17) is 21.0 Å². The van der Waals surface area contributed by atoms with Crippen molar-refractivity contribution in [3.63, 3.8) is 0 Å². The summed E-state index contributed by atoms with van der Waals surface area (Å²) in [6.07, 6.45) is 3.74. The maximum Gasteiger partial charge on any atom is 0.226 e. The topological polar surface area (TPSA) is 56.1 Å². The maximum absolute atomic E-state index is 6.38. The molecular formula is C23H32ClN5OSi. The first kappa shape index (κ1) is 22.2. The molecule has 1 unspecified atom stereocenters. The van der Waals surface area contributed by atoms with Crippen LogP contribution < -0.4 is 4.90 Å². The van der Waals surface area contributed by atoms with Gasteiger partial charge in [-0.05, 0) is 61.1 Å². The molecule has 1 aliphatic rings. The zero-order valence-corrected chi connectivity index (χ0v) is 21.1. The highest BCUT2D eigenvalue weighted by Crippen LogP contribution is 2.38. The number of imidazole rings is 1. The fourth-order valence-corrected chi connectivity index (χ4v) is 5.01. The van der Waals surface area contributed by atoms with Gasteiger partial charge in [-0.25, -0.2) is 4.98 Å². The van der Waals surface area contributed by atoms with E-state index in [1.165, 1.54) is 11.3 Å². The lowest BCUT2D eigenvalue weighted by molar-refractivity contribution is 0.261. The van der Waals surface area contributed by atoms with E-state index in [0.29, 0.717) is 0 Å². The van der Waals surface area contributed by atoms with E-state index in [0.717, 1.165) is 43.0 Å². The van der Waals surface area contributed by atoms with Crippen LogP contribution in [-0.2, 0) is 10.8 Å². The van der Waals surface area contributed by atoms with Gasteiger partial charge in [0.15, 0.2) is 25.3 Å². The summed E-state index contributed by atoms with van der Waals surface area (Å²) in [5.74, 6) is 0.781. The van der Waals surface area contributed by atoms with Crippen molar-refractivity contribution in [2.24, 2.45) is 0 Å². The van der Waals surface area contributed by atoms with Crippen LogP contribution in [0.2, 0.25) is 23.4 Å². The first-order chi connectivity index (χ1) is 14.6. The number of aromatic nitrogens is 4. The molecule has 166 valence electrons. The van der Waals surface area contributed by atoms with Gasteiger partial charge in [0, 0.05) is 24.9 Å². The highest BCUT2D eigenvalue weighted by Gasteiger charge is 2.37. The number of halogens is 1. The highest BCUT2D eigenvalue weighted by atomic mass is 35.5. The van der Waals surface area contributed by atoms with Crippen molar-refractivity contribution >= 4 is 42.6 Å². The Morgan fingerprint density at radius 1 is 1.19 bits per heavy atom. The highest BCUT2D eigenvalue weighted by molar-refractivity contribution is 6.74. The van der Waals surface area contributed by atoms with Crippen molar-refractivity contribution in [2.45, 2.75) is 64.7 Å². The average Bonchev–Trinajstić information content (AvgIpc) is 3.30. The van der Waals surface area contributed by atoms with Crippen LogP contribution in [0.25, 0.3) is 11.2 Å². The number of nitrogens with zero attached hydrogens (tertiary/aromatic N) is 5. The largest absolute Gasteiger partial charge is 0.417 e. The number of para-hydroxylation sites is 1. The maximum atomic E-state index is 6.38. The number of rotatable bonds is 6. The first-order valence-corrected chi connectivity index (χ1v) is 14.3. The Morgan fingerprint density at radius 2 is 1.94 bits per heavy atom. The molecule has 31 heavy (non-hydrogen) atoms. The molecule has 2 aromatic heterocycles. The fourth-order valence-electron chi connectivity index (χ4n) is 3.79. The number of fused-ring (bicyclic) bond motifs is 2. The Kier molecular flexibility index (Phi) is 5.87. The summed E-state index contributed by atoms with van der Waals surface area (Å²) in [7, 11) is -1.76. The van der Waals surface area contributed by atoms with Crippen molar-refractivity contribution in [3.8, 4) is 0 Å². The van der Waals surface area contributed by atoms with E-state index in [2.05, 4.69) is 84.5 Å². The molecule has 1 aliphatic heterocycles. The van der Waals surface area contributed by atoms with Crippen LogP contribution >= 0.6 is 11.6 Å². The second-order valence-corrected chi connectivity index (χ2v) is 15.1. The van der Waals surface area contributed by atoms with Crippen molar-refractivity contribution in [3.05, 3.63) is 41.4 Å². The third-order valence-corrected chi connectivity index (χ3v) is 11.5. The third-order valence-electron chi connectivity index (χ3n) is 6.80. The minimum Gasteiger partial charge on any atom is -0.417 e. The molecule has 0 N–H and O–H groups in total. The van der Waals surface area contributed by atoms with Gasteiger partial charge in [-0.15, -0.1) is 0 Å². The number of hydrogen-bond donors (Lipinski definition) is 0. The summed E-state index contributed by atoms with van der Waals surface area (Å²) in [5, 5.41) is 0.456. The molecule has 0 radical (unpaired) electrons. The van der Waals surface area contributed by atoms with Crippen molar-refractivity contribution < 1.29 is 4.43 Å². The van der Waals surface area contributed by atoms with Gasteiger partial charge in [0.1, 0.15) is 0 Å². The second kappa shape index (κ2) is 8.19. The van der Waals surface area contributed by atoms with E-state index in [-0.39, 0.29) is 16.4 Å². The molecule has 4 rings (SSSR count). The molecule has 0 amide bonds. The molecule has 8 heteroatoms. The van der Waals surface area contributed by atoms with Crippen molar-refractivity contribution in [2.75, 3.05) is 18.1 Å². The average molecular weight is 458 g/mol. The monoisotopic (exact) mass is 457 g/mol. The predicted octanol–water partition coefficient (Wildman–Crippen LogP) is 6.15. The first-order valence-electron chi connectivity index (χ1n) is 11.0. The molecular weight excluding hydrogens is 426 g/mol. The summed E-state index contributed by atoms with van der Waals surface area (Å²) in [6, 6.07) is 8.62. The molecule has 3 heterocycles. The van der Waals surface area contributed by atoms with E-state index < -0.39 is 8.32 Å². The lowest BCUT2D eigenvalue weighted by atomic mass is 10.2. The van der Waals surface area contributed by atoms with E-state index in [1.54, 1.807) is 0 Å². The van der Waals surface area contributed by atoms with Crippen molar-refractivity contribution in [1.29, 1.82) is 0 Å². The van der Waals surface area contributed by atoms with Gasteiger partial charge in [0.05, 0.1) is 6.33 Å². The van der Waals surface area contributed by atoms with E-state index in [1.807, 2.05) is 6.33 Å². The number of benzene rings is 1. The van der Waals surface area contributed by atoms with Crippen LogP contribution in [0, 0.1) is 0 Å². The van der Waals surface area contributed by atoms with Crippen LogP contribution in [0.4, 0.5) is 11.5 Å². The summed E-state index contributed by atoms with van der Waals surface area (Å²) < 4.78 is 8.48. The Bertz CT molecular complexity index is 1090. The normalized spacial score (nSPS) is 15.5. The fraction of sp³-hybridized carbons (Fsp3) is 0.522. The van der Waals surface area contributed by atoms with Gasteiger partial charge < -0.3 is 13.9 Å². The lowest BCUT2D eigenvalue weighted by Gasteiger charge is -2.36. The van der Waals surface area contributed by atoms with E-state index in [9.17, 15) is 0 Å². The van der Waals surface area contributed by atoms with Crippen molar-refractivity contribution in [1.82, 2.24) is 19.5 Å².